The monoisotopic (exact) mass is 488 g/mol. The Bertz CT molecular complexity index is 1190. The number of carbonyl (C=O) groups is 1. The minimum absolute atomic E-state index is 0.0268. The third-order valence-electron chi connectivity index (χ3n) is 5.53. The summed E-state index contributed by atoms with van der Waals surface area (Å²) in [5, 5.41) is 12.9. The van der Waals surface area contributed by atoms with Crippen molar-refractivity contribution in [3.63, 3.8) is 0 Å². The van der Waals surface area contributed by atoms with Gasteiger partial charge in [0, 0.05) is 48.6 Å². The molecule has 2 heterocycles. The standard InChI is InChI=1S/C23H23ClF2N6O2/c1-30-8-10-31(11-9-30)20-5-3-17(13-19(20)26)28-22-27-7-6-21(29-22)32(23(33)34)14-15-12-16(24)2-4-18(15)25/h2-7,12-13H,8-11,14H2,1H3,(H,33,34)(H,27,28,29). The minimum Gasteiger partial charge on any atom is -0.465 e. The zero-order valence-corrected chi connectivity index (χ0v) is 19.1. The lowest BCUT2D eigenvalue weighted by Gasteiger charge is -2.34. The van der Waals surface area contributed by atoms with Crippen molar-refractivity contribution in [1.82, 2.24) is 14.9 Å². The SMILES string of the molecule is CN1CCN(c2ccc(Nc3nccc(N(Cc4cc(Cl)ccc4F)C(=O)O)n3)cc2F)CC1. The number of hydrogen-bond donors (Lipinski definition) is 2. The summed E-state index contributed by atoms with van der Waals surface area (Å²) in [6.07, 6.45) is 0.0378. The number of anilines is 4. The van der Waals surface area contributed by atoms with Crippen molar-refractivity contribution in [3.8, 4) is 0 Å². The maximum atomic E-state index is 14.8. The van der Waals surface area contributed by atoms with Crippen molar-refractivity contribution in [2.75, 3.05) is 48.3 Å². The van der Waals surface area contributed by atoms with E-state index in [1.165, 1.54) is 36.5 Å². The van der Waals surface area contributed by atoms with Crippen LogP contribution in [0.2, 0.25) is 5.02 Å². The van der Waals surface area contributed by atoms with E-state index in [1.807, 2.05) is 11.9 Å². The second-order valence-electron chi connectivity index (χ2n) is 7.92. The molecule has 4 rings (SSSR count). The van der Waals surface area contributed by atoms with E-state index in [0.29, 0.717) is 11.4 Å². The first-order valence-corrected chi connectivity index (χ1v) is 11.0. The molecule has 0 radical (unpaired) electrons. The smallest absolute Gasteiger partial charge is 0.413 e. The summed E-state index contributed by atoms with van der Waals surface area (Å²) in [5.41, 5.74) is 1.04. The fraction of sp³-hybridized carbons (Fsp3) is 0.261. The Balaban J connectivity index is 1.52. The highest BCUT2D eigenvalue weighted by atomic mass is 35.5. The number of hydrogen-bond acceptors (Lipinski definition) is 6. The largest absolute Gasteiger partial charge is 0.465 e. The Kier molecular flexibility index (Phi) is 7.09. The Morgan fingerprint density at radius 2 is 1.88 bits per heavy atom. The van der Waals surface area contributed by atoms with Crippen molar-refractivity contribution in [2.45, 2.75) is 6.54 Å². The minimum atomic E-state index is -1.33. The predicted molar refractivity (Wildman–Crippen MR) is 127 cm³/mol. The average molecular weight is 489 g/mol. The van der Waals surface area contributed by atoms with Crippen LogP contribution in [0.4, 0.5) is 36.7 Å². The van der Waals surface area contributed by atoms with Gasteiger partial charge in [-0.1, -0.05) is 11.6 Å². The van der Waals surface area contributed by atoms with E-state index in [1.54, 1.807) is 12.1 Å². The number of carboxylic acid groups (broad SMARTS) is 1. The molecule has 0 aliphatic carbocycles. The van der Waals surface area contributed by atoms with Gasteiger partial charge in [-0.3, -0.25) is 4.90 Å². The van der Waals surface area contributed by atoms with Crippen molar-refractivity contribution < 1.29 is 18.7 Å². The Hall–Kier alpha value is -3.50. The molecule has 1 amide bonds. The van der Waals surface area contributed by atoms with Gasteiger partial charge >= 0.3 is 6.09 Å². The van der Waals surface area contributed by atoms with Crippen LogP contribution in [-0.2, 0) is 6.54 Å². The molecule has 8 nitrogen and oxygen atoms in total. The highest BCUT2D eigenvalue weighted by molar-refractivity contribution is 6.30. The maximum Gasteiger partial charge on any atom is 0.413 e. The van der Waals surface area contributed by atoms with E-state index in [0.717, 1.165) is 31.1 Å². The van der Waals surface area contributed by atoms with Gasteiger partial charge in [0.15, 0.2) is 0 Å². The molecule has 1 saturated heterocycles. The predicted octanol–water partition coefficient (Wildman–Crippen LogP) is 4.59. The molecule has 178 valence electrons. The molecule has 0 bridgehead atoms. The van der Waals surface area contributed by atoms with Crippen LogP contribution in [0.25, 0.3) is 0 Å². The van der Waals surface area contributed by atoms with Crippen LogP contribution >= 0.6 is 11.6 Å². The summed E-state index contributed by atoms with van der Waals surface area (Å²) >= 11 is 5.92. The quantitative estimate of drug-likeness (QED) is 0.525. The van der Waals surface area contributed by atoms with Crippen LogP contribution in [0, 0.1) is 11.6 Å². The molecule has 11 heteroatoms. The first kappa shape index (κ1) is 23.7. The van der Waals surface area contributed by atoms with Crippen molar-refractivity contribution in [3.05, 3.63) is 70.9 Å². The van der Waals surface area contributed by atoms with Crippen molar-refractivity contribution in [1.29, 1.82) is 0 Å². The Morgan fingerprint density at radius 3 is 2.59 bits per heavy atom. The number of halogens is 3. The molecule has 34 heavy (non-hydrogen) atoms. The third kappa shape index (κ3) is 5.52. The molecule has 1 aliphatic heterocycles. The number of likely N-dealkylation sites (N-methyl/N-ethyl adjacent to an activating group) is 1. The van der Waals surface area contributed by atoms with E-state index in [9.17, 15) is 18.7 Å². The normalized spacial score (nSPS) is 14.2. The van der Waals surface area contributed by atoms with Crippen LogP contribution in [0.5, 0.6) is 0 Å². The fourth-order valence-electron chi connectivity index (χ4n) is 3.66. The van der Waals surface area contributed by atoms with Crippen molar-refractivity contribution in [2.24, 2.45) is 0 Å². The summed E-state index contributed by atoms with van der Waals surface area (Å²) in [4.78, 5) is 25.2. The summed E-state index contributed by atoms with van der Waals surface area (Å²) < 4.78 is 28.9. The molecule has 1 aromatic heterocycles. The van der Waals surface area contributed by atoms with Gasteiger partial charge in [0.05, 0.1) is 12.2 Å². The number of amides is 1. The molecule has 2 N–H and O–H groups in total. The van der Waals surface area contributed by atoms with Crippen molar-refractivity contribution >= 4 is 40.8 Å². The lowest BCUT2D eigenvalue weighted by atomic mass is 10.2. The van der Waals surface area contributed by atoms with E-state index < -0.39 is 11.9 Å². The molecular formula is C23H23ClF2N6O2. The first-order valence-electron chi connectivity index (χ1n) is 10.6. The summed E-state index contributed by atoms with van der Waals surface area (Å²) in [5.74, 6) is -0.866. The molecule has 2 aromatic carbocycles. The first-order chi connectivity index (χ1) is 16.3. The summed E-state index contributed by atoms with van der Waals surface area (Å²) in [7, 11) is 2.03. The second-order valence-corrected chi connectivity index (χ2v) is 8.36. The molecule has 0 unspecified atom stereocenters. The second kappa shape index (κ2) is 10.2. The zero-order valence-electron chi connectivity index (χ0n) is 18.4. The van der Waals surface area contributed by atoms with Gasteiger partial charge in [0.1, 0.15) is 17.5 Å². The molecule has 0 atom stereocenters. The number of piperazine rings is 1. The zero-order chi connectivity index (χ0) is 24.2. The van der Waals surface area contributed by atoms with Gasteiger partial charge < -0.3 is 20.2 Å². The molecule has 1 aliphatic rings. The number of nitrogens with one attached hydrogen (secondary N) is 1. The average Bonchev–Trinajstić information content (AvgIpc) is 2.80. The summed E-state index contributed by atoms with van der Waals surface area (Å²) in [6, 6.07) is 10.1. The maximum absolute atomic E-state index is 14.8. The Labute approximate surface area is 200 Å². The van der Waals surface area contributed by atoms with E-state index >= 15 is 0 Å². The van der Waals surface area contributed by atoms with Gasteiger partial charge in [-0.25, -0.2) is 18.6 Å². The van der Waals surface area contributed by atoms with Crippen LogP contribution in [0.15, 0.2) is 48.7 Å². The van der Waals surface area contributed by atoms with E-state index in [2.05, 4.69) is 20.2 Å². The highest BCUT2D eigenvalue weighted by Gasteiger charge is 2.20. The van der Waals surface area contributed by atoms with Gasteiger partial charge in [-0.2, -0.15) is 4.98 Å². The number of nitrogens with zero attached hydrogens (tertiary/aromatic N) is 5. The molecule has 0 spiro atoms. The van der Waals surface area contributed by atoms with Crippen LogP contribution < -0.4 is 15.1 Å². The number of aromatic nitrogens is 2. The number of rotatable bonds is 6. The van der Waals surface area contributed by atoms with Crippen LogP contribution in [0.3, 0.4) is 0 Å². The van der Waals surface area contributed by atoms with E-state index in [-0.39, 0.29) is 34.7 Å². The molecule has 0 saturated carbocycles. The van der Waals surface area contributed by atoms with Gasteiger partial charge in [0.2, 0.25) is 5.95 Å². The highest BCUT2D eigenvalue weighted by Crippen LogP contribution is 2.26. The van der Waals surface area contributed by atoms with Crippen LogP contribution in [-0.4, -0.2) is 59.3 Å². The lowest BCUT2D eigenvalue weighted by molar-refractivity contribution is 0.201. The van der Waals surface area contributed by atoms with Gasteiger partial charge in [-0.15, -0.1) is 0 Å². The molecule has 3 aromatic rings. The molecular weight excluding hydrogens is 466 g/mol. The third-order valence-corrected chi connectivity index (χ3v) is 5.77. The topological polar surface area (TPSA) is 84.8 Å². The fourth-order valence-corrected chi connectivity index (χ4v) is 3.85. The van der Waals surface area contributed by atoms with E-state index in [4.69, 9.17) is 11.6 Å². The number of benzene rings is 2. The molecule has 1 fully saturated rings. The van der Waals surface area contributed by atoms with Gasteiger partial charge in [-0.05, 0) is 49.5 Å². The lowest BCUT2D eigenvalue weighted by Crippen LogP contribution is -2.44. The summed E-state index contributed by atoms with van der Waals surface area (Å²) in [6.45, 7) is 2.90. The van der Waals surface area contributed by atoms with Crippen LogP contribution in [0.1, 0.15) is 5.56 Å². The Morgan fingerprint density at radius 1 is 1.12 bits per heavy atom. The van der Waals surface area contributed by atoms with Gasteiger partial charge in [0.25, 0.3) is 0 Å².